The third-order valence-corrected chi connectivity index (χ3v) is 8.25. The second-order valence-corrected chi connectivity index (χ2v) is 13.3. The lowest BCUT2D eigenvalue weighted by Crippen LogP contribution is -2.27. The molecule has 1 fully saturated rings. The first-order valence-corrected chi connectivity index (χ1v) is 14.3. The highest BCUT2D eigenvalue weighted by Gasteiger charge is 2.67. The first kappa shape index (κ1) is 31.3. The van der Waals surface area contributed by atoms with Crippen LogP contribution in [0.3, 0.4) is 0 Å². The molecule has 0 heterocycles. The molecule has 1 saturated carbocycles. The van der Waals surface area contributed by atoms with E-state index >= 15 is 0 Å². The standard InChI is InChI=1S/C29H26Cl5N3O4/c1-14-11-16(36-27(40)41-28(2,3)4)7-10-22(14)37-25(38)18-13-17(6-9-19(18)30)35-26(39)24-23(29(24,33)34)15-5-8-20(31)21(32)12-15/h5-13,23-24H,1-4H3,(H,35,39)(H,36,40)(H,37,38)/t23-,24+/m0/s1. The van der Waals surface area contributed by atoms with E-state index in [2.05, 4.69) is 16.0 Å². The molecule has 0 spiro atoms. The lowest BCUT2D eigenvalue weighted by molar-refractivity contribution is -0.117. The van der Waals surface area contributed by atoms with Crippen molar-refractivity contribution < 1.29 is 19.1 Å². The number of ether oxygens (including phenoxy) is 1. The Kier molecular flexibility index (Phi) is 9.07. The van der Waals surface area contributed by atoms with Crippen LogP contribution < -0.4 is 16.0 Å². The molecule has 0 aliphatic heterocycles. The van der Waals surface area contributed by atoms with Gasteiger partial charge >= 0.3 is 6.09 Å². The van der Waals surface area contributed by atoms with Gasteiger partial charge in [-0.15, -0.1) is 23.2 Å². The monoisotopic (exact) mass is 655 g/mol. The molecule has 1 aliphatic rings. The quantitative estimate of drug-likeness (QED) is 0.231. The molecule has 0 radical (unpaired) electrons. The lowest BCUT2D eigenvalue weighted by atomic mass is 10.1. The highest BCUT2D eigenvalue weighted by atomic mass is 35.5. The summed E-state index contributed by atoms with van der Waals surface area (Å²) in [4.78, 5) is 38.3. The van der Waals surface area contributed by atoms with Crippen LogP contribution in [0.1, 0.15) is 48.2 Å². The summed E-state index contributed by atoms with van der Waals surface area (Å²) in [5.41, 5.74) is 2.22. The normalized spacial score (nSPS) is 17.4. The van der Waals surface area contributed by atoms with E-state index in [-0.39, 0.29) is 10.6 Å². The van der Waals surface area contributed by atoms with Crippen molar-refractivity contribution in [3.8, 4) is 0 Å². The first-order valence-electron chi connectivity index (χ1n) is 12.4. The molecule has 3 aromatic carbocycles. The maximum atomic E-state index is 13.1. The van der Waals surface area contributed by atoms with Crippen molar-refractivity contribution in [1.29, 1.82) is 0 Å². The SMILES string of the molecule is Cc1cc(NC(=O)OC(C)(C)C)ccc1NC(=O)c1cc(NC(=O)[C@H]2[C@H](c3ccc(Cl)c(Cl)c3)C2(Cl)Cl)ccc1Cl. The molecule has 2 atom stereocenters. The zero-order chi connectivity index (χ0) is 30.3. The van der Waals surface area contributed by atoms with Crippen LogP contribution in [-0.4, -0.2) is 27.8 Å². The smallest absolute Gasteiger partial charge is 0.412 e. The van der Waals surface area contributed by atoms with Crippen molar-refractivity contribution in [1.82, 2.24) is 0 Å². The average Bonchev–Trinajstić information content (AvgIpc) is 3.44. The van der Waals surface area contributed by atoms with Crippen LogP contribution in [0.5, 0.6) is 0 Å². The topological polar surface area (TPSA) is 96.5 Å². The Balaban J connectivity index is 1.44. The number of aryl methyl sites for hydroxylation is 1. The summed E-state index contributed by atoms with van der Waals surface area (Å²) in [5, 5.41) is 9.13. The fourth-order valence-electron chi connectivity index (χ4n) is 4.26. The van der Waals surface area contributed by atoms with E-state index in [1.165, 1.54) is 12.1 Å². The summed E-state index contributed by atoms with van der Waals surface area (Å²) in [7, 11) is 0. The number of halogens is 5. The van der Waals surface area contributed by atoms with E-state index in [0.29, 0.717) is 38.2 Å². The molecular formula is C29H26Cl5N3O4. The maximum Gasteiger partial charge on any atom is 0.412 e. The number of benzene rings is 3. The van der Waals surface area contributed by atoms with Gasteiger partial charge in [-0.1, -0.05) is 40.9 Å². The highest BCUT2D eigenvalue weighted by Crippen LogP contribution is 2.65. The van der Waals surface area contributed by atoms with Crippen molar-refractivity contribution in [3.63, 3.8) is 0 Å². The Hall–Kier alpha value is -2.68. The van der Waals surface area contributed by atoms with Gasteiger partial charge < -0.3 is 15.4 Å². The van der Waals surface area contributed by atoms with Gasteiger partial charge in [-0.3, -0.25) is 14.9 Å². The molecule has 7 nitrogen and oxygen atoms in total. The van der Waals surface area contributed by atoms with Gasteiger partial charge in [0.05, 0.1) is 26.5 Å². The van der Waals surface area contributed by atoms with E-state index in [0.717, 1.165) is 0 Å². The van der Waals surface area contributed by atoms with E-state index in [9.17, 15) is 14.4 Å². The van der Waals surface area contributed by atoms with E-state index in [1.807, 2.05) is 0 Å². The molecule has 12 heteroatoms. The Morgan fingerprint density at radius 1 is 0.805 bits per heavy atom. The van der Waals surface area contributed by atoms with Crippen molar-refractivity contribution in [2.24, 2.45) is 5.92 Å². The van der Waals surface area contributed by atoms with Crippen LogP contribution in [0.25, 0.3) is 0 Å². The van der Waals surface area contributed by atoms with Crippen molar-refractivity contribution in [2.75, 3.05) is 16.0 Å². The number of nitrogens with one attached hydrogen (secondary N) is 3. The summed E-state index contributed by atoms with van der Waals surface area (Å²) in [5.74, 6) is -2.17. The summed E-state index contributed by atoms with van der Waals surface area (Å²) >= 11 is 31.3. The minimum absolute atomic E-state index is 0.139. The van der Waals surface area contributed by atoms with Crippen LogP contribution in [0, 0.1) is 12.8 Å². The van der Waals surface area contributed by atoms with Crippen molar-refractivity contribution in [3.05, 3.63) is 86.4 Å². The van der Waals surface area contributed by atoms with Gasteiger partial charge in [0, 0.05) is 23.0 Å². The number of carbonyl (C=O) groups excluding carboxylic acids is 3. The van der Waals surface area contributed by atoms with E-state index < -0.39 is 39.7 Å². The Morgan fingerprint density at radius 3 is 2.07 bits per heavy atom. The largest absolute Gasteiger partial charge is 0.444 e. The van der Waals surface area contributed by atoms with Gasteiger partial charge in [0.25, 0.3) is 5.91 Å². The predicted octanol–water partition coefficient (Wildman–Crippen LogP) is 9.08. The van der Waals surface area contributed by atoms with Crippen LogP contribution >= 0.6 is 58.0 Å². The second kappa shape index (κ2) is 11.9. The molecular weight excluding hydrogens is 632 g/mol. The number of hydrogen-bond donors (Lipinski definition) is 3. The third kappa shape index (κ3) is 7.40. The second-order valence-electron chi connectivity index (χ2n) is 10.6. The Bertz CT molecular complexity index is 1540. The summed E-state index contributed by atoms with van der Waals surface area (Å²) < 4.78 is 3.93. The zero-order valence-corrected chi connectivity index (χ0v) is 26.2. The average molecular weight is 658 g/mol. The Morgan fingerprint density at radius 2 is 1.44 bits per heavy atom. The number of amides is 3. The number of alkyl halides is 2. The molecule has 3 amide bonds. The van der Waals surface area contributed by atoms with Crippen molar-refractivity contribution in [2.45, 2.75) is 43.5 Å². The molecule has 1 aliphatic carbocycles. The van der Waals surface area contributed by atoms with Gasteiger partial charge in [0.1, 0.15) is 9.93 Å². The third-order valence-electron chi connectivity index (χ3n) is 6.24. The van der Waals surface area contributed by atoms with E-state index in [1.54, 1.807) is 70.2 Å². The number of rotatable bonds is 6. The minimum Gasteiger partial charge on any atom is -0.444 e. The molecule has 3 N–H and O–H groups in total. The number of carbonyl (C=O) groups is 3. The van der Waals surface area contributed by atoms with Crippen LogP contribution in [0.15, 0.2) is 54.6 Å². The van der Waals surface area contributed by atoms with Crippen LogP contribution in [0.4, 0.5) is 21.9 Å². The summed E-state index contributed by atoms with van der Waals surface area (Å²) in [6.45, 7) is 7.08. The molecule has 0 bridgehead atoms. The fraction of sp³-hybridized carbons (Fsp3) is 0.276. The molecule has 0 saturated heterocycles. The molecule has 0 aromatic heterocycles. The Labute approximate surface area is 262 Å². The molecule has 216 valence electrons. The highest BCUT2D eigenvalue weighted by molar-refractivity contribution is 6.53. The summed E-state index contributed by atoms with van der Waals surface area (Å²) in [6, 6.07) is 14.5. The van der Waals surface area contributed by atoms with Gasteiger partial charge in [-0.05, 0) is 87.4 Å². The first-order chi connectivity index (χ1) is 19.1. The van der Waals surface area contributed by atoms with Gasteiger partial charge in [-0.25, -0.2) is 4.79 Å². The van der Waals surface area contributed by atoms with Crippen molar-refractivity contribution >= 4 is 93.0 Å². The number of hydrogen-bond acceptors (Lipinski definition) is 4. The van der Waals surface area contributed by atoms with E-state index in [4.69, 9.17) is 62.7 Å². The summed E-state index contributed by atoms with van der Waals surface area (Å²) in [6.07, 6.45) is -0.589. The molecule has 3 aromatic rings. The predicted molar refractivity (Wildman–Crippen MR) is 166 cm³/mol. The van der Waals surface area contributed by atoms with Crippen LogP contribution in [0.2, 0.25) is 15.1 Å². The molecule has 41 heavy (non-hydrogen) atoms. The molecule has 4 rings (SSSR count). The minimum atomic E-state index is -1.34. The van der Waals surface area contributed by atoms with Gasteiger partial charge in [0.15, 0.2) is 0 Å². The van der Waals surface area contributed by atoms with Gasteiger partial charge in [-0.2, -0.15) is 0 Å². The van der Waals surface area contributed by atoms with Gasteiger partial charge in [0.2, 0.25) is 5.91 Å². The zero-order valence-electron chi connectivity index (χ0n) is 22.4. The maximum absolute atomic E-state index is 13.1. The van der Waals surface area contributed by atoms with Crippen LogP contribution in [-0.2, 0) is 9.53 Å². The molecule has 0 unspecified atom stereocenters. The lowest BCUT2D eigenvalue weighted by Gasteiger charge is -2.20. The number of anilines is 3. The fourth-order valence-corrected chi connectivity index (χ4v) is 5.60.